The van der Waals surface area contributed by atoms with E-state index >= 15 is 0 Å². The van der Waals surface area contributed by atoms with Crippen molar-refractivity contribution in [1.29, 1.82) is 0 Å². The molecule has 0 aromatic carbocycles. The summed E-state index contributed by atoms with van der Waals surface area (Å²) >= 11 is 0. The highest BCUT2D eigenvalue weighted by atomic mass is 15.2. The van der Waals surface area contributed by atoms with Gasteiger partial charge in [0.1, 0.15) is 0 Å². The Hall–Kier alpha value is -0.770. The summed E-state index contributed by atoms with van der Waals surface area (Å²) in [6.07, 6.45) is 6.59. The van der Waals surface area contributed by atoms with E-state index in [9.17, 15) is 0 Å². The average molecular weight is 210 g/mol. The fraction of sp³-hybridized carbons (Fsp3) is 0.909. The minimum atomic E-state index is 0.615. The molecule has 1 saturated heterocycles. The predicted octanol–water partition coefficient (Wildman–Crippen LogP) is 0.539. The molecule has 2 rings (SSSR count). The molecule has 4 nitrogen and oxygen atoms in total. The fourth-order valence-electron chi connectivity index (χ4n) is 1.98. The molecule has 0 spiro atoms. The minimum Gasteiger partial charge on any atom is -0.370 e. The first-order valence-corrected chi connectivity index (χ1v) is 6.13. The maximum absolute atomic E-state index is 5.75. The molecular weight excluding hydrogens is 188 g/mol. The van der Waals surface area contributed by atoms with Gasteiger partial charge in [0.05, 0.1) is 6.54 Å². The van der Waals surface area contributed by atoms with Gasteiger partial charge in [-0.15, -0.1) is 0 Å². The van der Waals surface area contributed by atoms with Crippen molar-refractivity contribution in [3.05, 3.63) is 0 Å². The van der Waals surface area contributed by atoms with Crippen LogP contribution < -0.4 is 11.1 Å². The Morgan fingerprint density at radius 1 is 1.27 bits per heavy atom. The van der Waals surface area contributed by atoms with Crippen molar-refractivity contribution < 1.29 is 0 Å². The molecule has 0 bridgehead atoms. The molecule has 4 heteroatoms. The fourth-order valence-corrected chi connectivity index (χ4v) is 1.98. The quantitative estimate of drug-likeness (QED) is 0.526. The van der Waals surface area contributed by atoms with Crippen LogP contribution in [0.25, 0.3) is 0 Å². The molecule has 15 heavy (non-hydrogen) atoms. The van der Waals surface area contributed by atoms with Gasteiger partial charge in [0.2, 0.25) is 0 Å². The number of nitrogens with one attached hydrogen (secondary N) is 1. The summed E-state index contributed by atoms with van der Waals surface area (Å²) in [4.78, 5) is 6.82. The molecule has 1 aliphatic heterocycles. The van der Waals surface area contributed by atoms with E-state index in [2.05, 4.69) is 15.2 Å². The lowest BCUT2D eigenvalue weighted by Gasteiger charge is -2.25. The number of hydrogen-bond donors (Lipinski definition) is 2. The molecule has 3 N–H and O–H groups in total. The van der Waals surface area contributed by atoms with Gasteiger partial charge in [-0.3, -0.25) is 4.99 Å². The van der Waals surface area contributed by atoms with Gasteiger partial charge in [0.15, 0.2) is 5.96 Å². The third-order valence-corrected chi connectivity index (χ3v) is 3.08. The van der Waals surface area contributed by atoms with Crippen LogP contribution in [0.5, 0.6) is 0 Å². The van der Waals surface area contributed by atoms with Gasteiger partial charge in [-0.2, -0.15) is 0 Å². The van der Waals surface area contributed by atoms with Gasteiger partial charge in [-0.1, -0.05) is 6.42 Å². The predicted molar refractivity (Wildman–Crippen MR) is 62.9 cm³/mol. The number of likely N-dealkylation sites (tertiary alicyclic amines) is 1. The van der Waals surface area contributed by atoms with Gasteiger partial charge in [0.25, 0.3) is 0 Å². The van der Waals surface area contributed by atoms with Crippen molar-refractivity contribution in [2.45, 2.75) is 38.1 Å². The van der Waals surface area contributed by atoms with Crippen molar-refractivity contribution in [2.75, 3.05) is 26.2 Å². The van der Waals surface area contributed by atoms with E-state index in [4.69, 9.17) is 5.73 Å². The summed E-state index contributed by atoms with van der Waals surface area (Å²) in [7, 11) is 0. The van der Waals surface area contributed by atoms with Crippen molar-refractivity contribution in [3.8, 4) is 0 Å². The van der Waals surface area contributed by atoms with Gasteiger partial charge in [0, 0.05) is 12.6 Å². The lowest BCUT2D eigenvalue weighted by atomic mass is 10.1. The van der Waals surface area contributed by atoms with Crippen molar-refractivity contribution in [1.82, 2.24) is 10.2 Å². The Bertz CT molecular complexity index is 217. The van der Waals surface area contributed by atoms with Gasteiger partial charge in [-0.05, 0) is 38.8 Å². The standard InChI is InChI=1S/C11H22N4/c12-11(14-10-4-5-10)13-6-9-15-7-2-1-3-8-15/h10H,1-9H2,(H3,12,13,14). The topological polar surface area (TPSA) is 53.6 Å². The monoisotopic (exact) mass is 210 g/mol. The van der Waals surface area contributed by atoms with Crippen LogP contribution in [-0.4, -0.2) is 43.1 Å². The zero-order valence-electron chi connectivity index (χ0n) is 9.41. The van der Waals surface area contributed by atoms with Crippen molar-refractivity contribution >= 4 is 5.96 Å². The first kappa shape index (κ1) is 10.7. The molecule has 0 radical (unpaired) electrons. The van der Waals surface area contributed by atoms with Crippen LogP contribution in [0.4, 0.5) is 0 Å². The number of nitrogens with zero attached hydrogens (tertiary/aromatic N) is 2. The third kappa shape index (κ3) is 4.08. The number of nitrogens with two attached hydrogens (primary N) is 1. The molecule has 1 heterocycles. The number of hydrogen-bond acceptors (Lipinski definition) is 2. The van der Waals surface area contributed by atoms with E-state index in [-0.39, 0.29) is 0 Å². The molecule has 1 saturated carbocycles. The third-order valence-electron chi connectivity index (χ3n) is 3.08. The van der Waals surface area contributed by atoms with Gasteiger partial charge < -0.3 is 16.0 Å². The van der Waals surface area contributed by atoms with Gasteiger partial charge in [-0.25, -0.2) is 0 Å². The molecule has 2 aliphatic rings. The normalized spacial score (nSPS) is 24.1. The summed E-state index contributed by atoms with van der Waals surface area (Å²) in [6, 6.07) is 0.615. The van der Waals surface area contributed by atoms with E-state index < -0.39 is 0 Å². The van der Waals surface area contributed by atoms with E-state index in [0.29, 0.717) is 12.0 Å². The SMILES string of the molecule is NC(=NCCN1CCCCC1)NC1CC1. The Labute approximate surface area is 91.9 Å². The molecule has 0 aromatic rings. The molecule has 1 aliphatic carbocycles. The Balaban J connectivity index is 1.59. The Morgan fingerprint density at radius 2 is 2.00 bits per heavy atom. The van der Waals surface area contributed by atoms with E-state index in [0.717, 1.165) is 13.1 Å². The second-order valence-corrected chi connectivity index (χ2v) is 4.59. The van der Waals surface area contributed by atoms with Crippen LogP contribution in [0.15, 0.2) is 4.99 Å². The van der Waals surface area contributed by atoms with E-state index in [1.54, 1.807) is 0 Å². The zero-order chi connectivity index (χ0) is 10.5. The first-order valence-electron chi connectivity index (χ1n) is 6.13. The second kappa shape index (κ2) is 5.35. The van der Waals surface area contributed by atoms with E-state index in [1.807, 2.05) is 0 Å². The molecule has 0 amide bonds. The molecule has 0 aromatic heterocycles. The second-order valence-electron chi connectivity index (χ2n) is 4.59. The first-order chi connectivity index (χ1) is 7.34. The summed E-state index contributed by atoms with van der Waals surface area (Å²) < 4.78 is 0. The summed E-state index contributed by atoms with van der Waals surface area (Å²) in [6.45, 7) is 4.38. The zero-order valence-corrected chi connectivity index (χ0v) is 9.41. The lowest BCUT2D eigenvalue weighted by molar-refractivity contribution is 0.235. The van der Waals surface area contributed by atoms with Crippen LogP contribution in [-0.2, 0) is 0 Å². The van der Waals surface area contributed by atoms with Crippen LogP contribution in [0.3, 0.4) is 0 Å². The highest BCUT2D eigenvalue weighted by Gasteiger charge is 2.21. The Kier molecular flexibility index (Phi) is 3.83. The number of guanidine groups is 1. The molecule has 0 unspecified atom stereocenters. The largest absolute Gasteiger partial charge is 0.370 e. The van der Waals surface area contributed by atoms with Crippen LogP contribution in [0, 0.1) is 0 Å². The summed E-state index contributed by atoms with van der Waals surface area (Å²) in [5.74, 6) is 0.634. The lowest BCUT2D eigenvalue weighted by Crippen LogP contribution is -2.35. The van der Waals surface area contributed by atoms with Crippen molar-refractivity contribution in [2.24, 2.45) is 10.7 Å². The van der Waals surface area contributed by atoms with Crippen LogP contribution >= 0.6 is 0 Å². The molecule has 86 valence electrons. The van der Waals surface area contributed by atoms with Crippen molar-refractivity contribution in [3.63, 3.8) is 0 Å². The maximum atomic E-state index is 5.75. The Morgan fingerprint density at radius 3 is 2.67 bits per heavy atom. The molecule has 2 fully saturated rings. The number of rotatable bonds is 4. The van der Waals surface area contributed by atoms with Crippen LogP contribution in [0.2, 0.25) is 0 Å². The highest BCUT2D eigenvalue weighted by molar-refractivity contribution is 5.78. The highest BCUT2D eigenvalue weighted by Crippen LogP contribution is 2.17. The van der Waals surface area contributed by atoms with Gasteiger partial charge >= 0.3 is 0 Å². The number of aliphatic imine (C=N–C) groups is 1. The van der Waals surface area contributed by atoms with E-state index in [1.165, 1.54) is 45.2 Å². The molecular formula is C11H22N4. The molecule has 0 atom stereocenters. The summed E-state index contributed by atoms with van der Waals surface area (Å²) in [5, 5.41) is 3.20. The minimum absolute atomic E-state index is 0.615. The summed E-state index contributed by atoms with van der Waals surface area (Å²) in [5.41, 5.74) is 5.75. The maximum Gasteiger partial charge on any atom is 0.188 e. The number of piperidine rings is 1. The average Bonchev–Trinajstić information content (AvgIpc) is 3.03. The van der Waals surface area contributed by atoms with Crippen LogP contribution in [0.1, 0.15) is 32.1 Å². The smallest absolute Gasteiger partial charge is 0.188 e.